The molecule has 1 saturated heterocycles. The third-order valence-electron chi connectivity index (χ3n) is 3.90. The van der Waals surface area contributed by atoms with Crippen molar-refractivity contribution in [1.82, 2.24) is 10.4 Å². The number of imide groups is 1. The third kappa shape index (κ3) is 4.02. The molecule has 2 aromatic carbocycles. The molecule has 26 heavy (non-hydrogen) atoms. The molecule has 0 saturated carbocycles. The molecule has 1 aliphatic rings. The predicted octanol–water partition coefficient (Wildman–Crippen LogP) is 3.30. The zero-order valence-corrected chi connectivity index (χ0v) is 13.5. The van der Waals surface area contributed by atoms with Gasteiger partial charge in [-0.3, -0.25) is 9.63 Å². The van der Waals surface area contributed by atoms with Crippen molar-refractivity contribution < 1.29 is 27.6 Å². The van der Waals surface area contributed by atoms with Crippen LogP contribution >= 0.6 is 0 Å². The molecule has 0 aromatic heterocycles. The number of benzene rings is 2. The van der Waals surface area contributed by atoms with Crippen LogP contribution in [0.4, 0.5) is 18.0 Å². The molecular formula is C18H15F3N2O3. The monoisotopic (exact) mass is 364 g/mol. The van der Waals surface area contributed by atoms with Gasteiger partial charge in [0, 0.05) is 6.42 Å². The van der Waals surface area contributed by atoms with Gasteiger partial charge in [0.15, 0.2) is 0 Å². The van der Waals surface area contributed by atoms with Gasteiger partial charge in [-0.25, -0.2) is 4.79 Å². The van der Waals surface area contributed by atoms with E-state index in [2.05, 4.69) is 5.32 Å². The lowest BCUT2D eigenvalue weighted by molar-refractivity contribution is -0.167. The molecule has 1 N–H and O–H groups in total. The number of amides is 3. The fourth-order valence-electron chi connectivity index (χ4n) is 2.55. The number of hydrogen-bond acceptors (Lipinski definition) is 3. The van der Waals surface area contributed by atoms with E-state index in [-0.39, 0.29) is 13.0 Å². The summed E-state index contributed by atoms with van der Waals surface area (Å²) in [6, 6.07) is 11.9. The van der Waals surface area contributed by atoms with Crippen molar-refractivity contribution in [3.63, 3.8) is 0 Å². The second-order valence-electron chi connectivity index (χ2n) is 5.79. The number of hydroxylamine groups is 2. The highest BCUT2D eigenvalue weighted by molar-refractivity contribution is 6.03. The molecule has 1 fully saturated rings. The van der Waals surface area contributed by atoms with Crippen LogP contribution in [0.3, 0.4) is 0 Å². The Labute approximate surface area is 147 Å². The summed E-state index contributed by atoms with van der Waals surface area (Å²) in [6.07, 6.45) is -4.34. The van der Waals surface area contributed by atoms with Crippen LogP contribution in [-0.2, 0) is 28.8 Å². The predicted molar refractivity (Wildman–Crippen MR) is 85.5 cm³/mol. The number of nitrogens with zero attached hydrogens (tertiary/aromatic N) is 1. The molecule has 0 radical (unpaired) electrons. The lowest BCUT2D eigenvalue weighted by Gasteiger charge is -2.13. The van der Waals surface area contributed by atoms with Crippen LogP contribution < -0.4 is 5.32 Å². The zero-order valence-electron chi connectivity index (χ0n) is 13.5. The Morgan fingerprint density at radius 3 is 2.23 bits per heavy atom. The summed E-state index contributed by atoms with van der Waals surface area (Å²) < 4.78 is 37.7. The van der Waals surface area contributed by atoms with E-state index in [9.17, 15) is 22.8 Å². The maximum atomic E-state index is 12.6. The Bertz CT molecular complexity index is 792. The molecule has 2 aromatic rings. The Morgan fingerprint density at radius 2 is 1.62 bits per heavy atom. The van der Waals surface area contributed by atoms with Crippen molar-refractivity contribution in [3.05, 3.63) is 71.3 Å². The highest BCUT2D eigenvalue weighted by Crippen LogP contribution is 2.29. The van der Waals surface area contributed by atoms with Gasteiger partial charge in [-0.15, -0.1) is 5.06 Å². The van der Waals surface area contributed by atoms with Crippen molar-refractivity contribution in [2.75, 3.05) is 0 Å². The molecule has 1 aliphatic heterocycles. The third-order valence-corrected chi connectivity index (χ3v) is 3.90. The Balaban J connectivity index is 1.61. The molecule has 5 nitrogen and oxygen atoms in total. The number of rotatable bonds is 5. The van der Waals surface area contributed by atoms with Gasteiger partial charge in [0.1, 0.15) is 12.6 Å². The smallest absolute Gasteiger partial charge is 0.324 e. The lowest BCUT2D eigenvalue weighted by atomic mass is 10.0. The van der Waals surface area contributed by atoms with Crippen LogP contribution in [0.1, 0.15) is 16.7 Å². The van der Waals surface area contributed by atoms with Crippen LogP contribution in [-0.4, -0.2) is 23.0 Å². The highest BCUT2D eigenvalue weighted by Gasteiger charge is 2.39. The van der Waals surface area contributed by atoms with Crippen LogP contribution in [0.25, 0.3) is 0 Å². The first-order valence-electron chi connectivity index (χ1n) is 7.82. The normalized spacial score (nSPS) is 17.5. The molecule has 3 amide bonds. The first-order valence-corrected chi connectivity index (χ1v) is 7.82. The Morgan fingerprint density at radius 1 is 0.962 bits per heavy atom. The number of hydrogen-bond donors (Lipinski definition) is 1. The SMILES string of the molecule is O=C1NC(Cc2ccc(C(F)(F)F)cc2)C(=O)N1OCc1ccccc1. The van der Waals surface area contributed by atoms with Crippen molar-refractivity contribution in [2.24, 2.45) is 0 Å². The Hall–Kier alpha value is -2.87. The van der Waals surface area contributed by atoms with Gasteiger partial charge >= 0.3 is 12.2 Å². The van der Waals surface area contributed by atoms with Crippen LogP contribution in [0.5, 0.6) is 0 Å². The van der Waals surface area contributed by atoms with E-state index in [0.717, 1.165) is 17.7 Å². The summed E-state index contributed by atoms with van der Waals surface area (Å²) in [5.74, 6) is -0.578. The van der Waals surface area contributed by atoms with Gasteiger partial charge in [-0.1, -0.05) is 42.5 Å². The number of urea groups is 1. The van der Waals surface area contributed by atoms with Gasteiger partial charge in [-0.2, -0.15) is 13.2 Å². The lowest BCUT2D eigenvalue weighted by Crippen LogP contribution is -2.32. The van der Waals surface area contributed by atoms with Crippen LogP contribution in [0.15, 0.2) is 54.6 Å². The molecule has 0 spiro atoms. The molecule has 1 heterocycles. The largest absolute Gasteiger partial charge is 0.416 e. The van der Waals surface area contributed by atoms with Gasteiger partial charge in [0.25, 0.3) is 5.91 Å². The van der Waals surface area contributed by atoms with Gasteiger partial charge < -0.3 is 5.32 Å². The summed E-state index contributed by atoms with van der Waals surface area (Å²) in [7, 11) is 0. The van der Waals surface area contributed by atoms with Crippen molar-refractivity contribution in [3.8, 4) is 0 Å². The van der Waals surface area contributed by atoms with Gasteiger partial charge in [-0.05, 0) is 23.3 Å². The van der Waals surface area contributed by atoms with Crippen LogP contribution in [0.2, 0.25) is 0 Å². The van der Waals surface area contributed by atoms with E-state index < -0.39 is 29.7 Å². The number of alkyl halides is 3. The van der Waals surface area contributed by atoms with Gasteiger partial charge in [0.2, 0.25) is 0 Å². The topological polar surface area (TPSA) is 58.6 Å². The average molecular weight is 364 g/mol. The summed E-state index contributed by atoms with van der Waals surface area (Å²) in [4.78, 5) is 29.5. The number of carbonyl (C=O) groups excluding carboxylic acids is 2. The molecule has 0 aliphatic carbocycles. The van der Waals surface area contributed by atoms with E-state index in [4.69, 9.17) is 4.84 Å². The standard InChI is InChI=1S/C18H15F3N2O3/c19-18(20,21)14-8-6-12(7-9-14)10-15-16(24)23(17(25)22-15)26-11-13-4-2-1-3-5-13/h1-9,15H,10-11H2,(H,22,25). The minimum absolute atomic E-state index is 0.0486. The van der Waals surface area contributed by atoms with Crippen molar-refractivity contribution in [2.45, 2.75) is 25.2 Å². The quantitative estimate of drug-likeness (QED) is 0.829. The second kappa shape index (κ2) is 7.17. The minimum atomic E-state index is -4.42. The van der Waals surface area contributed by atoms with E-state index in [1.165, 1.54) is 12.1 Å². The van der Waals surface area contributed by atoms with E-state index in [0.29, 0.717) is 10.6 Å². The molecule has 1 atom stereocenters. The molecular weight excluding hydrogens is 349 g/mol. The molecule has 8 heteroatoms. The summed E-state index contributed by atoms with van der Waals surface area (Å²) in [5.41, 5.74) is 0.525. The summed E-state index contributed by atoms with van der Waals surface area (Å²) >= 11 is 0. The van der Waals surface area contributed by atoms with Crippen molar-refractivity contribution in [1.29, 1.82) is 0 Å². The molecule has 3 rings (SSSR count). The maximum absolute atomic E-state index is 12.6. The number of nitrogens with one attached hydrogen (secondary N) is 1. The van der Waals surface area contributed by atoms with Crippen LogP contribution in [0, 0.1) is 0 Å². The molecule has 0 bridgehead atoms. The molecule has 1 unspecified atom stereocenters. The summed E-state index contributed by atoms with van der Waals surface area (Å²) in [5, 5.41) is 3.13. The minimum Gasteiger partial charge on any atom is -0.324 e. The Kier molecular flexibility index (Phi) is 4.94. The fourth-order valence-corrected chi connectivity index (χ4v) is 2.55. The fraction of sp³-hybridized carbons (Fsp3) is 0.222. The first-order chi connectivity index (χ1) is 12.3. The number of carbonyl (C=O) groups is 2. The zero-order chi connectivity index (χ0) is 18.7. The second-order valence-corrected chi connectivity index (χ2v) is 5.79. The van der Waals surface area contributed by atoms with E-state index in [1.54, 1.807) is 24.3 Å². The van der Waals surface area contributed by atoms with E-state index in [1.807, 2.05) is 6.07 Å². The average Bonchev–Trinajstić information content (AvgIpc) is 2.87. The van der Waals surface area contributed by atoms with Gasteiger partial charge in [0.05, 0.1) is 5.56 Å². The number of halogens is 3. The van der Waals surface area contributed by atoms with Crippen molar-refractivity contribution >= 4 is 11.9 Å². The first kappa shape index (κ1) is 17.9. The maximum Gasteiger partial charge on any atom is 0.416 e. The highest BCUT2D eigenvalue weighted by atomic mass is 19.4. The van der Waals surface area contributed by atoms with E-state index >= 15 is 0 Å². The molecule has 136 valence electrons. The summed E-state index contributed by atoms with van der Waals surface area (Å²) in [6.45, 7) is 0.0486.